The zero-order valence-electron chi connectivity index (χ0n) is 14.9. The van der Waals surface area contributed by atoms with Gasteiger partial charge in [-0.25, -0.2) is 0 Å². The summed E-state index contributed by atoms with van der Waals surface area (Å²) in [5.41, 5.74) is 0. The van der Waals surface area contributed by atoms with Crippen molar-refractivity contribution in [3.63, 3.8) is 0 Å². The van der Waals surface area contributed by atoms with Crippen molar-refractivity contribution in [2.45, 2.75) is 101 Å². The highest BCUT2D eigenvalue weighted by molar-refractivity contribution is 5.66. The number of carbonyl (C=O) groups is 1. The Balaban J connectivity index is 2.01. The van der Waals surface area contributed by atoms with Crippen LogP contribution in [0.4, 0.5) is 0 Å². The van der Waals surface area contributed by atoms with E-state index in [0.29, 0.717) is 6.42 Å². The van der Waals surface area contributed by atoms with E-state index < -0.39 is 36.5 Å². The van der Waals surface area contributed by atoms with E-state index in [9.17, 15) is 20.1 Å². The van der Waals surface area contributed by atoms with E-state index in [1.54, 1.807) is 0 Å². The van der Waals surface area contributed by atoms with Gasteiger partial charge in [0, 0.05) is 6.42 Å². The van der Waals surface area contributed by atoms with Crippen LogP contribution in [0.15, 0.2) is 0 Å². The number of aliphatic carboxylic acids is 1. The first-order valence-electron chi connectivity index (χ1n) is 9.49. The lowest BCUT2D eigenvalue weighted by Gasteiger charge is -2.40. The normalized spacial score (nSPS) is 29.7. The molecule has 25 heavy (non-hydrogen) atoms. The molecule has 0 aromatic rings. The average molecular weight is 362 g/mol. The number of rotatable bonds is 13. The van der Waals surface area contributed by atoms with Crippen molar-refractivity contribution >= 4 is 5.97 Å². The highest BCUT2D eigenvalue weighted by Crippen LogP contribution is 2.25. The van der Waals surface area contributed by atoms with Gasteiger partial charge in [0.1, 0.15) is 24.4 Å². The molecule has 0 spiro atoms. The number of hydrogen-bond donors (Lipinski definition) is 5. The molecule has 1 saturated heterocycles. The van der Waals surface area contributed by atoms with E-state index >= 15 is 0 Å². The van der Waals surface area contributed by atoms with E-state index in [4.69, 9.17) is 14.9 Å². The molecule has 1 unspecified atom stereocenters. The number of aliphatic hydroxyl groups is 4. The van der Waals surface area contributed by atoms with E-state index in [1.165, 1.54) is 0 Å². The number of carboxylic acid groups (broad SMARTS) is 1. The standard InChI is InChI=1S/C18H34O7/c19-12-14-17(23)18(24)16(22)13(25-14)10-8-6-4-2-1-3-5-7-9-11-15(20)21/h13-14,16-19,22-24H,1-12H2,(H,20,21)/t13?,14-,16+,17-,18-/m1/s1. The lowest BCUT2D eigenvalue weighted by atomic mass is 9.92. The Hall–Kier alpha value is -0.730. The van der Waals surface area contributed by atoms with Crippen LogP contribution in [-0.2, 0) is 9.53 Å². The Morgan fingerprint density at radius 3 is 1.72 bits per heavy atom. The fourth-order valence-corrected chi connectivity index (χ4v) is 3.28. The molecule has 148 valence electrons. The molecule has 0 bridgehead atoms. The fraction of sp³-hybridized carbons (Fsp3) is 0.944. The molecule has 7 nitrogen and oxygen atoms in total. The molecule has 7 heteroatoms. The van der Waals surface area contributed by atoms with Crippen LogP contribution in [0.5, 0.6) is 0 Å². The van der Waals surface area contributed by atoms with Gasteiger partial charge in [0.25, 0.3) is 0 Å². The van der Waals surface area contributed by atoms with Crippen LogP contribution in [0, 0.1) is 0 Å². The van der Waals surface area contributed by atoms with E-state index in [0.717, 1.165) is 57.8 Å². The molecule has 1 aliphatic heterocycles. The van der Waals surface area contributed by atoms with Crippen molar-refractivity contribution in [1.82, 2.24) is 0 Å². The molecule has 1 heterocycles. The summed E-state index contributed by atoms with van der Waals surface area (Å²) in [6, 6.07) is 0. The highest BCUT2D eigenvalue weighted by atomic mass is 16.5. The zero-order valence-corrected chi connectivity index (χ0v) is 14.9. The monoisotopic (exact) mass is 362 g/mol. The summed E-state index contributed by atoms with van der Waals surface area (Å²) in [5.74, 6) is -0.723. The minimum absolute atomic E-state index is 0.262. The van der Waals surface area contributed by atoms with Crippen molar-refractivity contribution in [2.75, 3.05) is 6.61 Å². The fourth-order valence-electron chi connectivity index (χ4n) is 3.28. The molecule has 0 amide bonds. The molecular formula is C18H34O7. The first-order valence-corrected chi connectivity index (χ1v) is 9.49. The van der Waals surface area contributed by atoms with Crippen LogP contribution < -0.4 is 0 Å². The lowest BCUT2D eigenvalue weighted by molar-refractivity contribution is -0.230. The van der Waals surface area contributed by atoms with Gasteiger partial charge in [-0.05, 0) is 12.8 Å². The first kappa shape index (κ1) is 22.3. The Morgan fingerprint density at radius 1 is 0.720 bits per heavy atom. The second-order valence-corrected chi connectivity index (χ2v) is 6.98. The van der Waals surface area contributed by atoms with Crippen molar-refractivity contribution in [3.8, 4) is 0 Å². The van der Waals surface area contributed by atoms with Crippen LogP contribution >= 0.6 is 0 Å². The van der Waals surface area contributed by atoms with Gasteiger partial charge < -0.3 is 30.3 Å². The van der Waals surface area contributed by atoms with E-state index in [2.05, 4.69) is 0 Å². The smallest absolute Gasteiger partial charge is 0.303 e. The van der Waals surface area contributed by atoms with Gasteiger partial charge in [-0.1, -0.05) is 51.4 Å². The summed E-state index contributed by atoms with van der Waals surface area (Å²) in [6.45, 7) is -0.381. The molecule has 0 aromatic heterocycles. The van der Waals surface area contributed by atoms with Gasteiger partial charge in [-0.15, -0.1) is 0 Å². The predicted octanol–water partition coefficient (Wildman–Crippen LogP) is 1.20. The van der Waals surface area contributed by atoms with Gasteiger partial charge in [0.2, 0.25) is 0 Å². The zero-order chi connectivity index (χ0) is 18.7. The summed E-state index contributed by atoms with van der Waals surface area (Å²) < 4.78 is 5.48. The van der Waals surface area contributed by atoms with Gasteiger partial charge in [-0.2, -0.15) is 0 Å². The van der Waals surface area contributed by atoms with Crippen molar-refractivity contribution in [3.05, 3.63) is 0 Å². The molecule has 0 radical (unpaired) electrons. The molecule has 0 saturated carbocycles. The Kier molecular flexibility index (Phi) is 11.2. The summed E-state index contributed by atoms with van der Waals surface area (Å²) >= 11 is 0. The topological polar surface area (TPSA) is 127 Å². The van der Waals surface area contributed by atoms with Crippen LogP contribution in [0.3, 0.4) is 0 Å². The Labute approximate surface area is 149 Å². The predicted molar refractivity (Wildman–Crippen MR) is 92.2 cm³/mol. The molecule has 0 aromatic carbocycles. The molecule has 1 rings (SSSR count). The molecule has 1 aliphatic rings. The molecule has 1 fully saturated rings. The van der Waals surface area contributed by atoms with Crippen LogP contribution in [0.2, 0.25) is 0 Å². The summed E-state index contributed by atoms with van der Waals surface area (Å²) in [7, 11) is 0. The quantitative estimate of drug-likeness (QED) is 0.312. The number of ether oxygens (including phenoxy) is 1. The summed E-state index contributed by atoms with van der Waals surface area (Å²) in [5, 5.41) is 47.1. The summed E-state index contributed by atoms with van der Waals surface area (Å²) in [4.78, 5) is 10.4. The van der Waals surface area contributed by atoms with E-state index in [-0.39, 0.29) is 13.0 Å². The second-order valence-electron chi connectivity index (χ2n) is 6.98. The number of unbranched alkanes of at least 4 members (excludes halogenated alkanes) is 8. The van der Waals surface area contributed by atoms with Gasteiger partial charge >= 0.3 is 5.97 Å². The SMILES string of the molecule is O=C(O)CCCCCCCCCCCC1O[C@H](CO)[C@@H](O)[C@H](O)[C@H]1O. The molecular weight excluding hydrogens is 328 g/mol. The third-order valence-electron chi connectivity index (χ3n) is 4.87. The van der Waals surface area contributed by atoms with E-state index in [1.807, 2.05) is 0 Å². The molecule has 5 N–H and O–H groups in total. The van der Waals surface area contributed by atoms with Crippen molar-refractivity contribution < 1.29 is 35.1 Å². The third kappa shape index (κ3) is 8.46. The lowest BCUT2D eigenvalue weighted by Crippen LogP contribution is -2.58. The van der Waals surface area contributed by atoms with Crippen LogP contribution in [-0.4, -0.2) is 68.6 Å². The maximum Gasteiger partial charge on any atom is 0.303 e. The third-order valence-corrected chi connectivity index (χ3v) is 4.87. The van der Waals surface area contributed by atoms with Crippen molar-refractivity contribution in [2.24, 2.45) is 0 Å². The molecule has 0 aliphatic carbocycles. The second kappa shape index (κ2) is 12.6. The Bertz CT molecular complexity index is 361. The minimum Gasteiger partial charge on any atom is -0.481 e. The largest absolute Gasteiger partial charge is 0.481 e. The minimum atomic E-state index is -1.28. The first-order chi connectivity index (χ1) is 12.0. The maximum absolute atomic E-state index is 10.4. The Morgan fingerprint density at radius 2 is 1.20 bits per heavy atom. The van der Waals surface area contributed by atoms with Gasteiger partial charge in [-0.3, -0.25) is 4.79 Å². The molecule has 5 atom stereocenters. The van der Waals surface area contributed by atoms with Gasteiger partial charge in [0.05, 0.1) is 12.7 Å². The highest BCUT2D eigenvalue weighted by Gasteiger charge is 2.42. The van der Waals surface area contributed by atoms with Crippen molar-refractivity contribution in [1.29, 1.82) is 0 Å². The van der Waals surface area contributed by atoms with Crippen LogP contribution in [0.1, 0.15) is 70.6 Å². The average Bonchev–Trinajstić information content (AvgIpc) is 2.59. The summed E-state index contributed by atoms with van der Waals surface area (Å²) in [6.07, 6.45) is 4.99. The number of aliphatic hydroxyl groups excluding tert-OH is 4. The number of carboxylic acids is 1. The van der Waals surface area contributed by atoms with Gasteiger partial charge in [0.15, 0.2) is 0 Å². The number of hydrogen-bond acceptors (Lipinski definition) is 6. The maximum atomic E-state index is 10.4. The van der Waals surface area contributed by atoms with Crippen LogP contribution in [0.25, 0.3) is 0 Å².